The van der Waals surface area contributed by atoms with Crippen LogP contribution in [0.3, 0.4) is 0 Å². The van der Waals surface area contributed by atoms with Crippen LogP contribution in [0.25, 0.3) is 0 Å². The number of carboxylic acids is 2. The molecule has 2 N–H and O–H groups in total. The average Bonchev–Trinajstić information content (AvgIpc) is 2.62. The quantitative estimate of drug-likeness (QED) is 0.765. The highest BCUT2D eigenvalue weighted by Gasteiger charge is 2.42. The highest BCUT2D eigenvalue weighted by Crippen LogP contribution is 2.38. The predicted octanol–water partition coefficient (Wildman–Crippen LogP) is 2.94. The molecule has 2 aromatic rings. The molecule has 0 amide bonds. The Hall–Kier alpha value is -3.02. The van der Waals surface area contributed by atoms with Gasteiger partial charge in [-0.1, -0.05) is 24.3 Å². The molecule has 0 saturated heterocycles. The van der Waals surface area contributed by atoms with Crippen molar-refractivity contribution < 1.29 is 29.3 Å². The van der Waals surface area contributed by atoms with Crippen molar-refractivity contribution in [2.24, 2.45) is 0 Å². The Morgan fingerprint density at radius 2 is 1.24 bits per heavy atom. The topological polar surface area (TPSA) is 93.1 Å². The fourth-order valence-electron chi connectivity index (χ4n) is 2.85. The largest absolute Gasteiger partial charge is 0.497 e. The number of hydrogen-bond acceptors (Lipinski definition) is 4. The monoisotopic (exact) mass is 344 g/mol. The van der Waals surface area contributed by atoms with Crippen LogP contribution in [0.15, 0.2) is 48.5 Å². The molecule has 25 heavy (non-hydrogen) atoms. The van der Waals surface area contributed by atoms with Crippen LogP contribution < -0.4 is 9.47 Å². The van der Waals surface area contributed by atoms with Crippen LogP contribution in [0.1, 0.15) is 24.0 Å². The van der Waals surface area contributed by atoms with Crippen molar-refractivity contribution in [3.8, 4) is 11.5 Å². The third-order valence-corrected chi connectivity index (χ3v) is 4.24. The maximum absolute atomic E-state index is 12.3. The maximum atomic E-state index is 12.3. The first kappa shape index (κ1) is 18.3. The number of aliphatic carboxylic acids is 2. The third-order valence-electron chi connectivity index (χ3n) is 4.24. The van der Waals surface area contributed by atoms with E-state index in [0.717, 1.165) is 0 Å². The van der Waals surface area contributed by atoms with Crippen molar-refractivity contribution in [1.29, 1.82) is 0 Å². The van der Waals surface area contributed by atoms with Crippen molar-refractivity contribution in [3.05, 3.63) is 59.7 Å². The number of ether oxygens (including phenoxy) is 2. The van der Waals surface area contributed by atoms with E-state index in [2.05, 4.69) is 0 Å². The smallest absolute Gasteiger partial charge is 0.318 e. The summed E-state index contributed by atoms with van der Waals surface area (Å²) in [6.07, 6.45) is -0.347. The molecule has 0 saturated carbocycles. The molecule has 0 radical (unpaired) electrons. The van der Waals surface area contributed by atoms with E-state index in [-0.39, 0.29) is 12.8 Å². The van der Waals surface area contributed by atoms with Crippen LogP contribution in [0.2, 0.25) is 0 Å². The Labute approximate surface area is 145 Å². The number of rotatable bonds is 8. The summed E-state index contributed by atoms with van der Waals surface area (Å²) >= 11 is 0. The van der Waals surface area contributed by atoms with Crippen molar-refractivity contribution >= 4 is 11.9 Å². The standard InChI is InChI=1S/C19H20O6/c1-24-15-7-3-13(4-8-15)19(18(22)23,12-11-17(20)21)14-5-9-16(25-2)10-6-14/h3-10H,11-12H2,1-2H3,(H,20,21)(H,22,23). The summed E-state index contributed by atoms with van der Waals surface area (Å²) in [6, 6.07) is 13.3. The van der Waals surface area contributed by atoms with E-state index in [1.54, 1.807) is 48.5 Å². The normalized spacial score (nSPS) is 11.0. The summed E-state index contributed by atoms with van der Waals surface area (Å²) in [5.41, 5.74) is -0.490. The summed E-state index contributed by atoms with van der Waals surface area (Å²) in [5, 5.41) is 19.1. The third kappa shape index (κ3) is 3.74. The molecule has 0 spiro atoms. The summed E-state index contributed by atoms with van der Waals surface area (Å²) in [5.74, 6) is -0.969. The van der Waals surface area contributed by atoms with E-state index < -0.39 is 17.4 Å². The highest BCUT2D eigenvalue weighted by atomic mass is 16.5. The Morgan fingerprint density at radius 3 is 1.52 bits per heavy atom. The Kier molecular flexibility index (Phi) is 5.64. The van der Waals surface area contributed by atoms with E-state index in [4.69, 9.17) is 14.6 Å². The van der Waals surface area contributed by atoms with Gasteiger partial charge >= 0.3 is 11.9 Å². The molecule has 0 heterocycles. The van der Waals surface area contributed by atoms with Gasteiger partial charge in [0.1, 0.15) is 16.9 Å². The average molecular weight is 344 g/mol. The summed E-state index contributed by atoms with van der Waals surface area (Å²) in [6.45, 7) is 0. The molecule has 0 aliphatic carbocycles. The van der Waals surface area contributed by atoms with E-state index in [0.29, 0.717) is 22.6 Å². The van der Waals surface area contributed by atoms with Gasteiger partial charge in [0.2, 0.25) is 0 Å². The molecular formula is C19H20O6. The lowest BCUT2D eigenvalue weighted by Gasteiger charge is -2.30. The van der Waals surface area contributed by atoms with Crippen molar-refractivity contribution in [2.45, 2.75) is 18.3 Å². The first-order chi connectivity index (χ1) is 11.9. The van der Waals surface area contributed by atoms with Gasteiger partial charge < -0.3 is 19.7 Å². The Morgan fingerprint density at radius 1 is 0.840 bits per heavy atom. The van der Waals surface area contributed by atoms with Gasteiger partial charge in [0.05, 0.1) is 14.2 Å². The van der Waals surface area contributed by atoms with Gasteiger partial charge in [-0.25, -0.2) is 0 Å². The van der Waals surface area contributed by atoms with Gasteiger partial charge in [0.25, 0.3) is 0 Å². The van der Waals surface area contributed by atoms with Crippen LogP contribution in [-0.4, -0.2) is 36.4 Å². The second kappa shape index (κ2) is 7.70. The van der Waals surface area contributed by atoms with Gasteiger partial charge in [-0.2, -0.15) is 0 Å². The van der Waals surface area contributed by atoms with Gasteiger partial charge in [-0.15, -0.1) is 0 Å². The molecule has 0 aliphatic heterocycles. The Balaban J connectivity index is 2.60. The molecule has 2 aromatic carbocycles. The minimum Gasteiger partial charge on any atom is -0.497 e. The molecule has 0 unspecified atom stereocenters. The van der Waals surface area contributed by atoms with Gasteiger partial charge in [-0.05, 0) is 41.8 Å². The molecule has 0 aliphatic rings. The molecule has 6 nitrogen and oxygen atoms in total. The Bertz CT molecular complexity index is 686. The van der Waals surface area contributed by atoms with Crippen molar-refractivity contribution in [1.82, 2.24) is 0 Å². The lowest BCUT2D eigenvalue weighted by atomic mass is 9.71. The second-order valence-corrected chi connectivity index (χ2v) is 5.56. The van der Waals surface area contributed by atoms with Crippen molar-refractivity contribution in [3.63, 3.8) is 0 Å². The predicted molar refractivity (Wildman–Crippen MR) is 91.3 cm³/mol. The molecule has 0 bridgehead atoms. The van der Waals surface area contributed by atoms with Crippen LogP contribution in [0, 0.1) is 0 Å². The van der Waals surface area contributed by atoms with E-state index in [1.165, 1.54) is 14.2 Å². The van der Waals surface area contributed by atoms with Gasteiger partial charge in [0.15, 0.2) is 0 Å². The molecule has 0 fully saturated rings. The van der Waals surface area contributed by atoms with Crippen LogP contribution >= 0.6 is 0 Å². The number of carboxylic acid groups (broad SMARTS) is 2. The number of methoxy groups -OCH3 is 2. The maximum Gasteiger partial charge on any atom is 0.318 e. The number of carbonyl (C=O) groups is 2. The fourth-order valence-corrected chi connectivity index (χ4v) is 2.85. The number of hydrogen-bond donors (Lipinski definition) is 2. The number of benzene rings is 2. The minimum absolute atomic E-state index is 0.0731. The van der Waals surface area contributed by atoms with Crippen molar-refractivity contribution in [2.75, 3.05) is 14.2 Å². The zero-order chi connectivity index (χ0) is 18.4. The summed E-state index contributed by atoms with van der Waals surface area (Å²) < 4.78 is 10.2. The van der Waals surface area contributed by atoms with E-state index >= 15 is 0 Å². The van der Waals surface area contributed by atoms with E-state index in [9.17, 15) is 14.7 Å². The first-order valence-corrected chi connectivity index (χ1v) is 7.68. The SMILES string of the molecule is COc1ccc(C(CCC(=O)O)(C(=O)O)c2ccc(OC)cc2)cc1. The lowest BCUT2D eigenvalue weighted by molar-refractivity contribution is -0.143. The fraction of sp³-hybridized carbons (Fsp3) is 0.263. The minimum atomic E-state index is -1.48. The van der Waals surface area contributed by atoms with Gasteiger partial charge in [-0.3, -0.25) is 9.59 Å². The molecular weight excluding hydrogens is 324 g/mol. The zero-order valence-corrected chi connectivity index (χ0v) is 14.1. The van der Waals surface area contributed by atoms with E-state index in [1.807, 2.05) is 0 Å². The van der Waals surface area contributed by atoms with Crippen LogP contribution in [-0.2, 0) is 15.0 Å². The lowest BCUT2D eigenvalue weighted by Crippen LogP contribution is -2.37. The highest BCUT2D eigenvalue weighted by molar-refractivity contribution is 5.87. The zero-order valence-electron chi connectivity index (χ0n) is 14.1. The molecule has 0 atom stereocenters. The molecule has 0 aromatic heterocycles. The first-order valence-electron chi connectivity index (χ1n) is 7.68. The second-order valence-electron chi connectivity index (χ2n) is 5.56. The van der Waals surface area contributed by atoms with Gasteiger partial charge in [0, 0.05) is 6.42 Å². The summed E-state index contributed by atoms with van der Waals surface area (Å²) in [7, 11) is 3.04. The molecule has 6 heteroatoms. The summed E-state index contributed by atoms with van der Waals surface area (Å²) in [4.78, 5) is 23.4. The molecule has 132 valence electrons. The van der Waals surface area contributed by atoms with Crippen LogP contribution in [0.4, 0.5) is 0 Å². The van der Waals surface area contributed by atoms with Crippen LogP contribution in [0.5, 0.6) is 11.5 Å². The molecule has 2 rings (SSSR count).